The number of halogens is 2. The van der Waals surface area contributed by atoms with Gasteiger partial charge in [-0.25, -0.2) is 21.9 Å². The Kier molecular flexibility index (Phi) is 6.54. The summed E-state index contributed by atoms with van der Waals surface area (Å²) in [6.45, 7) is 0.494. The highest BCUT2D eigenvalue weighted by molar-refractivity contribution is 7.90. The summed E-state index contributed by atoms with van der Waals surface area (Å²) in [5, 5.41) is 6.52. The molecule has 4 N–H and O–H groups in total. The summed E-state index contributed by atoms with van der Waals surface area (Å²) in [7, 11) is 1.55. The number of carbonyl (C=O) groups is 2. The van der Waals surface area contributed by atoms with E-state index in [1.54, 1.807) is 0 Å². The van der Waals surface area contributed by atoms with Crippen LogP contribution >= 0.6 is 0 Å². The van der Waals surface area contributed by atoms with Gasteiger partial charge in [0.2, 0.25) is 17.8 Å². The number of amides is 1. The first kappa shape index (κ1) is 24.3. The molecule has 1 aliphatic heterocycles. The van der Waals surface area contributed by atoms with Crippen LogP contribution in [0.4, 0.5) is 26.4 Å². The first-order valence-corrected chi connectivity index (χ1v) is 11.7. The van der Waals surface area contributed by atoms with Crippen molar-refractivity contribution < 1.29 is 26.8 Å². The lowest BCUT2D eigenvalue weighted by Gasteiger charge is -2.19. The number of aromatic nitrogens is 3. The Morgan fingerprint density at radius 3 is 2.37 bits per heavy atom. The predicted octanol–water partition coefficient (Wildman–Crippen LogP) is 0.923. The SMILES string of the molecule is [B]N1CCC[C@H]1C(=O)NS(=O)(=O)c1ccc(Nc2nc(N)n(C(=O)c3c(F)cccc3F)n2)cc1. The quantitative estimate of drug-likeness (QED) is 0.419. The van der Waals surface area contributed by atoms with E-state index < -0.39 is 51.0 Å². The molecule has 1 atom stereocenters. The minimum Gasteiger partial charge on any atom is -0.368 e. The van der Waals surface area contributed by atoms with Crippen molar-refractivity contribution >= 4 is 47.4 Å². The molecule has 1 fully saturated rings. The summed E-state index contributed by atoms with van der Waals surface area (Å²) in [5.41, 5.74) is 5.14. The van der Waals surface area contributed by atoms with Crippen LogP contribution in [0, 0.1) is 11.6 Å². The van der Waals surface area contributed by atoms with E-state index in [9.17, 15) is 26.8 Å². The van der Waals surface area contributed by atoms with Crippen LogP contribution in [0.25, 0.3) is 0 Å². The number of hydrogen-bond donors (Lipinski definition) is 3. The summed E-state index contributed by atoms with van der Waals surface area (Å²) >= 11 is 0. The lowest BCUT2D eigenvalue weighted by Crippen LogP contribution is -2.44. The number of nitrogen functional groups attached to an aromatic ring is 1. The second-order valence-corrected chi connectivity index (χ2v) is 9.30. The van der Waals surface area contributed by atoms with Crippen LogP contribution in [-0.4, -0.2) is 60.4 Å². The zero-order valence-corrected chi connectivity index (χ0v) is 18.8. The molecule has 35 heavy (non-hydrogen) atoms. The maximum absolute atomic E-state index is 13.9. The van der Waals surface area contributed by atoms with E-state index in [1.165, 1.54) is 29.1 Å². The fraction of sp³-hybridized carbons (Fsp3) is 0.200. The second-order valence-electron chi connectivity index (χ2n) is 7.62. The largest absolute Gasteiger partial charge is 0.368 e. The minimum absolute atomic E-state index is 0.179. The zero-order chi connectivity index (χ0) is 25.3. The number of nitrogens with two attached hydrogens (primary N) is 1. The van der Waals surface area contributed by atoms with Crippen LogP contribution in [0.2, 0.25) is 0 Å². The Balaban J connectivity index is 1.47. The maximum atomic E-state index is 13.9. The third-order valence-electron chi connectivity index (χ3n) is 5.25. The first-order chi connectivity index (χ1) is 16.6. The van der Waals surface area contributed by atoms with Crippen molar-refractivity contribution in [2.24, 2.45) is 0 Å². The second kappa shape index (κ2) is 9.42. The van der Waals surface area contributed by atoms with Gasteiger partial charge in [-0.1, -0.05) is 6.07 Å². The van der Waals surface area contributed by atoms with Crippen LogP contribution in [-0.2, 0) is 14.8 Å². The van der Waals surface area contributed by atoms with Gasteiger partial charge in [-0.15, -0.1) is 5.10 Å². The summed E-state index contributed by atoms with van der Waals surface area (Å²) in [6.07, 6.45) is 1.14. The van der Waals surface area contributed by atoms with Gasteiger partial charge in [0.05, 0.1) is 10.9 Å². The van der Waals surface area contributed by atoms with Gasteiger partial charge >= 0.3 is 0 Å². The van der Waals surface area contributed by atoms with Crippen molar-refractivity contribution in [2.75, 3.05) is 17.6 Å². The lowest BCUT2D eigenvalue weighted by atomic mass is 10.2. The molecular weight excluding hydrogens is 483 g/mol. The van der Waals surface area contributed by atoms with E-state index in [1.807, 2.05) is 4.72 Å². The highest BCUT2D eigenvalue weighted by atomic mass is 32.2. The third kappa shape index (κ3) is 5.00. The van der Waals surface area contributed by atoms with Crippen molar-refractivity contribution in [3.63, 3.8) is 0 Å². The average molecular weight is 501 g/mol. The number of sulfonamides is 1. The Morgan fingerprint density at radius 1 is 1.11 bits per heavy atom. The molecule has 0 saturated carbocycles. The topological polar surface area (TPSA) is 152 Å². The smallest absolute Gasteiger partial charge is 0.287 e. The van der Waals surface area contributed by atoms with Gasteiger partial charge in [0.25, 0.3) is 15.9 Å². The van der Waals surface area contributed by atoms with Crippen molar-refractivity contribution in [3.05, 3.63) is 59.7 Å². The molecule has 1 saturated heterocycles. The normalized spacial score (nSPS) is 16.2. The molecule has 2 aromatic carbocycles. The van der Waals surface area contributed by atoms with E-state index in [0.717, 1.165) is 18.2 Å². The highest BCUT2D eigenvalue weighted by Gasteiger charge is 2.30. The highest BCUT2D eigenvalue weighted by Crippen LogP contribution is 2.21. The molecule has 0 unspecified atom stereocenters. The molecule has 0 spiro atoms. The van der Waals surface area contributed by atoms with E-state index in [4.69, 9.17) is 13.7 Å². The van der Waals surface area contributed by atoms with Crippen LogP contribution in [0.5, 0.6) is 0 Å². The van der Waals surface area contributed by atoms with Gasteiger partial charge in [0, 0.05) is 5.69 Å². The Labute approximate surface area is 199 Å². The van der Waals surface area contributed by atoms with Crippen molar-refractivity contribution in [1.29, 1.82) is 0 Å². The molecule has 180 valence electrons. The average Bonchev–Trinajstić information content (AvgIpc) is 3.38. The Hall–Kier alpha value is -3.85. The summed E-state index contributed by atoms with van der Waals surface area (Å²) in [5.74, 6) is -4.66. The molecule has 1 amide bonds. The monoisotopic (exact) mass is 501 g/mol. The van der Waals surface area contributed by atoms with Gasteiger partial charge < -0.3 is 15.9 Å². The molecule has 1 aromatic heterocycles. The maximum Gasteiger partial charge on any atom is 0.287 e. The molecule has 2 heterocycles. The molecule has 4 rings (SSSR count). The fourth-order valence-electron chi connectivity index (χ4n) is 3.51. The molecule has 15 heteroatoms. The third-order valence-corrected chi connectivity index (χ3v) is 6.62. The predicted molar refractivity (Wildman–Crippen MR) is 121 cm³/mol. The lowest BCUT2D eigenvalue weighted by molar-refractivity contribution is -0.122. The number of nitrogens with one attached hydrogen (secondary N) is 2. The molecule has 2 radical (unpaired) electrons. The zero-order valence-electron chi connectivity index (χ0n) is 18.0. The van der Waals surface area contributed by atoms with Crippen LogP contribution in [0.1, 0.15) is 23.2 Å². The van der Waals surface area contributed by atoms with Crippen molar-refractivity contribution in [1.82, 2.24) is 24.3 Å². The molecule has 3 aromatic rings. The number of carbonyl (C=O) groups excluding carboxylic acids is 2. The summed E-state index contributed by atoms with van der Waals surface area (Å²) in [6, 6.07) is 7.40. The minimum atomic E-state index is -4.14. The van der Waals surface area contributed by atoms with Crippen molar-refractivity contribution in [3.8, 4) is 0 Å². The molecule has 0 aliphatic carbocycles. The van der Waals surface area contributed by atoms with Crippen molar-refractivity contribution in [2.45, 2.75) is 23.8 Å². The number of nitrogens with zero attached hydrogens (tertiary/aromatic N) is 4. The summed E-state index contributed by atoms with van der Waals surface area (Å²) < 4.78 is 55.5. The number of hydrogen-bond acceptors (Lipinski definition) is 9. The molecular formula is C20H18BF2N7O4S. The van der Waals surface area contributed by atoms with Gasteiger partial charge in [-0.2, -0.15) is 9.67 Å². The Morgan fingerprint density at radius 2 is 1.77 bits per heavy atom. The number of anilines is 3. The number of rotatable bonds is 6. The van der Waals surface area contributed by atoms with E-state index in [2.05, 4.69) is 15.4 Å². The fourth-order valence-corrected chi connectivity index (χ4v) is 4.52. The van der Waals surface area contributed by atoms with E-state index in [-0.39, 0.29) is 10.8 Å². The summed E-state index contributed by atoms with van der Waals surface area (Å²) in [4.78, 5) is 29.7. The van der Waals surface area contributed by atoms with Crippen LogP contribution in [0.3, 0.4) is 0 Å². The van der Waals surface area contributed by atoms with Crippen LogP contribution in [0.15, 0.2) is 47.4 Å². The van der Waals surface area contributed by atoms with E-state index >= 15 is 0 Å². The molecule has 1 aliphatic rings. The van der Waals surface area contributed by atoms with Crippen LogP contribution < -0.4 is 15.8 Å². The first-order valence-electron chi connectivity index (χ1n) is 10.2. The van der Waals surface area contributed by atoms with Gasteiger partial charge in [0.15, 0.2) is 7.98 Å². The van der Waals surface area contributed by atoms with E-state index in [0.29, 0.717) is 29.8 Å². The van der Waals surface area contributed by atoms with Gasteiger partial charge in [-0.3, -0.25) is 9.59 Å². The Bertz CT molecular complexity index is 1380. The van der Waals surface area contributed by atoms with Gasteiger partial charge in [0.1, 0.15) is 17.2 Å². The standard InChI is InChI=1S/C20H18BF2N7O4S/c21-29-10-2-5-15(29)17(31)28-35(33,34)12-8-6-11(7-9-12)25-20-26-19(24)30(27-20)18(32)16-13(22)3-1-4-14(16)23/h1,3-4,6-9,15H,2,5,10H2,(H,28,31)(H3,24,25,26,27)/t15-/m0/s1. The number of benzene rings is 2. The molecule has 0 bridgehead atoms. The molecule has 11 nitrogen and oxygen atoms in total. The van der Waals surface area contributed by atoms with Gasteiger partial charge in [-0.05, 0) is 55.8 Å².